The van der Waals surface area contributed by atoms with E-state index in [1.807, 2.05) is 66.7 Å². The lowest BCUT2D eigenvalue weighted by molar-refractivity contribution is -0.384. The molecule has 0 amide bonds. The number of likely N-dealkylation sites (tertiary alicyclic amines) is 1. The molecule has 0 spiro atoms. The molecule has 0 saturated carbocycles. The number of nitrogens with zero attached hydrogens (tertiary/aromatic N) is 7. The highest BCUT2D eigenvalue weighted by Gasteiger charge is 2.42. The number of ether oxygens (including phenoxy) is 4. The number of non-ortho nitro benzene ring substituents is 1. The second-order valence-electron chi connectivity index (χ2n) is 17.0. The molecular formula is C52H63ClN7O8P. The SMILES string of the molecule is CCN(CCOCN1C[C@H](OP(OCCC#N)N(C(C)C)C(C)C)CC1COC(c1ccccc1)(c1ccc(OC)cc1)c1ccc(OC)cc1)c1ccc(N=Nc2ccc([N+](=O)[O-])cc2Cl)cc1. The van der Waals surface area contributed by atoms with Crippen LogP contribution >= 0.6 is 20.1 Å². The van der Waals surface area contributed by atoms with Crippen molar-refractivity contribution in [2.75, 3.05) is 65.3 Å². The Morgan fingerprint density at radius 3 is 2.04 bits per heavy atom. The second kappa shape index (κ2) is 25.9. The summed E-state index contributed by atoms with van der Waals surface area (Å²) in [5.41, 5.74) is 3.67. The van der Waals surface area contributed by atoms with Crippen molar-refractivity contribution in [3.05, 3.63) is 153 Å². The minimum absolute atomic E-state index is 0.109. The number of halogens is 1. The number of hydrogen-bond acceptors (Lipinski definition) is 14. The Morgan fingerprint density at radius 1 is 0.870 bits per heavy atom. The molecule has 1 fully saturated rings. The molecule has 1 aliphatic rings. The maximum Gasteiger partial charge on any atom is 0.271 e. The fraction of sp³-hybridized carbons (Fsp3) is 0.404. The summed E-state index contributed by atoms with van der Waals surface area (Å²) in [4.78, 5) is 15.1. The highest BCUT2D eigenvalue weighted by atomic mass is 35.5. The molecule has 1 aliphatic heterocycles. The van der Waals surface area contributed by atoms with E-state index in [2.05, 4.69) is 102 Å². The van der Waals surface area contributed by atoms with E-state index in [4.69, 9.17) is 39.6 Å². The van der Waals surface area contributed by atoms with Gasteiger partial charge in [0.1, 0.15) is 22.8 Å². The zero-order valence-corrected chi connectivity index (χ0v) is 42.1. The molecule has 3 atom stereocenters. The molecule has 6 rings (SSSR count). The maximum atomic E-state index is 11.1. The average Bonchev–Trinajstić information content (AvgIpc) is 3.75. The van der Waals surface area contributed by atoms with Crippen molar-refractivity contribution in [2.45, 2.75) is 77.3 Å². The standard InChI is InChI=1S/C52H63ClN7O8P/c1-8-57(44-21-19-43(20-22-44)55-56-51-28-23-45(60(61)62)34-50(51)53)30-32-65-37-58-35-49(68-69(67-31-12-29-54)59(38(2)3)39(4)5)33-46(58)36-66-52(40-13-10-9-11-14-40,41-15-24-47(63-6)25-16-41)42-17-26-48(64-7)27-18-42/h9-11,13-28,34,38-39,46,49H,8,12,30-33,35-37H2,1-7H3/t46?,49-,69?/m1/s1. The summed E-state index contributed by atoms with van der Waals surface area (Å²) in [5, 5.41) is 29.1. The van der Waals surface area contributed by atoms with Crippen LogP contribution < -0.4 is 14.4 Å². The first-order chi connectivity index (χ1) is 33.4. The lowest BCUT2D eigenvalue weighted by Crippen LogP contribution is -2.41. The molecule has 2 unspecified atom stereocenters. The molecule has 0 aliphatic carbocycles. The van der Waals surface area contributed by atoms with Gasteiger partial charge < -0.3 is 32.9 Å². The predicted molar refractivity (Wildman–Crippen MR) is 271 cm³/mol. The first kappa shape index (κ1) is 52.8. The molecule has 1 heterocycles. The van der Waals surface area contributed by atoms with Crippen molar-refractivity contribution in [3.8, 4) is 17.6 Å². The van der Waals surface area contributed by atoms with Gasteiger partial charge in [-0.15, -0.1) is 5.11 Å². The van der Waals surface area contributed by atoms with E-state index in [0.29, 0.717) is 50.8 Å². The van der Waals surface area contributed by atoms with Gasteiger partial charge >= 0.3 is 0 Å². The summed E-state index contributed by atoms with van der Waals surface area (Å²) < 4.78 is 40.7. The third-order valence-electron chi connectivity index (χ3n) is 11.8. The molecule has 5 aromatic rings. The maximum absolute atomic E-state index is 11.1. The van der Waals surface area contributed by atoms with Crippen molar-refractivity contribution >= 4 is 42.9 Å². The molecule has 5 aromatic carbocycles. The van der Waals surface area contributed by atoms with Gasteiger partial charge in [0.2, 0.25) is 0 Å². The number of nitro groups is 1. The van der Waals surface area contributed by atoms with Gasteiger partial charge in [-0.05, 0) is 112 Å². The zero-order valence-electron chi connectivity index (χ0n) is 40.4. The number of azo groups is 1. The molecule has 0 N–H and O–H groups in total. The minimum Gasteiger partial charge on any atom is -0.497 e. The highest BCUT2D eigenvalue weighted by Crippen LogP contribution is 2.49. The molecule has 69 heavy (non-hydrogen) atoms. The van der Waals surface area contributed by atoms with Crippen LogP contribution in [0.15, 0.2) is 132 Å². The first-order valence-corrected chi connectivity index (χ1v) is 24.7. The average molecular weight is 981 g/mol. The van der Waals surface area contributed by atoms with E-state index >= 15 is 0 Å². The number of hydrogen-bond donors (Lipinski definition) is 0. The second-order valence-corrected chi connectivity index (χ2v) is 18.8. The largest absolute Gasteiger partial charge is 0.497 e. The molecule has 0 radical (unpaired) electrons. The van der Waals surface area contributed by atoms with E-state index in [1.54, 1.807) is 14.2 Å². The van der Waals surface area contributed by atoms with Crippen molar-refractivity contribution in [1.29, 1.82) is 5.26 Å². The summed E-state index contributed by atoms with van der Waals surface area (Å²) in [5.74, 6) is 1.49. The Kier molecular flexibility index (Phi) is 19.8. The fourth-order valence-electron chi connectivity index (χ4n) is 8.42. The van der Waals surface area contributed by atoms with Gasteiger partial charge in [0.05, 0.1) is 75.0 Å². The van der Waals surface area contributed by atoms with E-state index in [9.17, 15) is 15.4 Å². The van der Waals surface area contributed by atoms with Crippen molar-refractivity contribution in [1.82, 2.24) is 9.57 Å². The number of rotatable bonds is 26. The van der Waals surface area contributed by atoms with Gasteiger partial charge in [0.15, 0.2) is 0 Å². The topological polar surface area (TPSA) is 157 Å². The van der Waals surface area contributed by atoms with Crippen LogP contribution in [0.25, 0.3) is 0 Å². The fourth-order valence-corrected chi connectivity index (χ4v) is 10.3. The summed E-state index contributed by atoms with van der Waals surface area (Å²) in [6, 6.07) is 40.5. The van der Waals surface area contributed by atoms with Crippen LogP contribution in [0.5, 0.6) is 11.5 Å². The summed E-state index contributed by atoms with van der Waals surface area (Å²) in [6.07, 6.45) is 0.725. The van der Waals surface area contributed by atoms with Crippen LogP contribution in [0.1, 0.15) is 64.2 Å². The quantitative estimate of drug-likeness (QED) is 0.0129. The van der Waals surface area contributed by atoms with Crippen LogP contribution in [0.4, 0.5) is 22.7 Å². The third-order valence-corrected chi connectivity index (χ3v) is 14.3. The normalized spacial score (nSPS) is 15.8. The number of nitro benzene ring substituents is 1. The summed E-state index contributed by atoms with van der Waals surface area (Å²) in [7, 11) is 1.84. The predicted octanol–water partition coefficient (Wildman–Crippen LogP) is 12.2. The van der Waals surface area contributed by atoms with Gasteiger partial charge in [-0.3, -0.25) is 15.0 Å². The van der Waals surface area contributed by atoms with Gasteiger partial charge in [0.25, 0.3) is 14.2 Å². The molecule has 17 heteroatoms. The number of anilines is 1. The molecule has 1 saturated heterocycles. The minimum atomic E-state index is -1.49. The van der Waals surface area contributed by atoms with E-state index in [1.165, 1.54) is 18.2 Å². The van der Waals surface area contributed by atoms with Crippen LogP contribution in [-0.4, -0.2) is 99.1 Å². The Morgan fingerprint density at radius 2 is 1.49 bits per heavy atom. The monoisotopic (exact) mass is 979 g/mol. The van der Waals surface area contributed by atoms with Gasteiger partial charge in [-0.1, -0.05) is 66.2 Å². The Labute approximate surface area is 412 Å². The van der Waals surface area contributed by atoms with E-state index in [-0.39, 0.29) is 48.0 Å². The Balaban J connectivity index is 1.23. The third kappa shape index (κ3) is 13.8. The number of nitriles is 1. The van der Waals surface area contributed by atoms with Crippen molar-refractivity contribution in [3.63, 3.8) is 0 Å². The number of likely N-dealkylation sites (N-methyl/N-ethyl adjacent to an activating group) is 1. The molecule has 366 valence electrons. The van der Waals surface area contributed by atoms with Crippen LogP contribution in [-0.2, 0) is 24.1 Å². The summed E-state index contributed by atoms with van der Waals surface area (Å²) >= 11 is 6.22. The van der Waals surface area contributed by atoms with E-state index in [0.717, 1.165) is 40.4 Å². The molecular weight excluding hydrogens is 917 g/mol. The zero-order chi connectivity index (χ0) is 49.3. The van der Waals surface area contributed by atoms with E-state index < -0.39 is 19.1 Å². The van der Waals surface area contributed by atoms with Gasteiger partial charge in [0, 0.05) is 55.6 Å². The molecule has 0 aromatic heterocycles. The Hall–Kier alpha value is -5.53. The lowest BCUT2D eigenvalue weighted by atomic mass is 9.80. The number of benzene rings is 5. The summed E-state index contributed by atoms with van der Waals surface area (Å²) in [6.45, 7) is 14.0. The van der Waals surface area contributed by atoms with Crippen LogP contribution in [0.2, 0.25) is 5.02 Å². The Bertz CT molecular complexity index is 2390. The molecule has 0 bridgehead atoms. The first-order valence-electron chi connectivity index (χ1n) is 23.2. The van der Waals surface area contributed by atoms with Gasteiger partial charge in [-0.2, -0.15) is 10.4 Å². The lowest BCUT2D eigenvalue weighted by Gasteiger charge is -2.38. The van der Waals surface area contributed by atoms with Crippen molar-refractivity contribution < 1.29 is 32.9 Å². The highest BCUT2D eigenvalue weighted by molar-refractivity contribution is 7.44. The van der Waals surface area contributed by atoms with Crippen LogP contribution in [0.3, 0.4) is 0 Å². The smallest absolute Gasteiger partial charge is 0.271 e. The molecule has 15 nitrogen and oxygen atoms in total. The number of methoxy groups -OCH3 is 2. The van der Waals surface area contributed by atoms with Crippen LogP contribution in [0, 0.1) is 21.4 Å². The van der Waals surface area contributed by atoms with Crippen molar-refractivity contribution in [2.24, 2.45) is 10.2 Å². The van der Waals surface area contributed by atoms with Gasteiger partial charge in [-0.25, -0.2) is 4.67 Å².